The van der Waals surface area contributed by atoms with Crippen LogP contribution in [0.5, 0.6) is 0 Å². The maximum Gasteiger partial charge on any atom is 0.274 e. The van der Waals surface area contributed by atoms with Crippen LogP contribution in [0.3, 0.4) is 0 Å². The normalized spacial score (nSPS) is 12.5. The van der Waals surface area contributed by atoms with E-state index in [1.54, 1.807) is 0 Å². The van der Waals surface area contributed by atoms with Crippen LogP contribution in [0.4, 0.5) is 0 Å². The zero-order chi connectivity index (χ0) is 16.2. The highest BCUT2D eigenvalue weighted by atomic mass is 16.5. The molecule has 0 fully saturated rings. The Balaban J connectivity index is 1.80. The maximum absolute atomic E-state index is 12.2. The largest absolute Gasteiger partial charge is 0.364 e. The molecule has 3 rings (SSSR count). The van der Waals surface area contributed by atoms with Gasteiger partial charge >= 0.3 is 0 Å². The van der Waals surface area contributed by atoms with Crippen LogP contribution in [0, 0.1) is 5.92 Å². The smallest absolute Gasteiger partial charge is 0.274 e. The van der Waals surface area contributed by atoms with Crippen LogP contribution < -0.4 is 5.32 Å². The zero-order valence-corrected chi connectivity index (χ0v) is 12.6. The molecule has 3 aromatic heterocycles. The Kier molecular flexibility index (Phi) is 4.13. The second-order valence-corrected chi connectivity index (χ2v) is 5.33. The summed E-state index contributed by atoms with van der Waals surface area (Å²) in [7, 11) is 0. The second-order valence-electron chi connectivity index (χ2n) is 5.33. The molecule has 0 aliphatic rings. The van der Waals surface area contributed by atoms with Crippen molar-refractivity contribution in [3.63, 3.8) is 0 Å². The molecule has 1 amide bonds. The molecular formula is C13H15N7O3. The summed E-state index contributed by atoms with van der Waals surface area (Å²) in [4.78, 5) is 20.4. The molecule has 10 nitrogen and oxygen atoms in total. The highest BCUT2D eigenvalue weighted by molar-refractivity contribution is 5.92. The van der Waals surface area contributed by atoms with Crippen molar-refractivity contribution in [2.45, 2.75) is 26.3 Å². The van der Waals surface area contributed by atoms with Gasteiger partial charge in [0.15, 0.2) is 11.5 Å². The second kappa shape index (κ2) is 6.38. The summed E-state index contributed by atoms with van der Waals surface area (Å²) in [5, 5.41) is 16.7. The predicted molar refractivity (Wildman–Crippen MR) is 75.8 cm³/mol. The van der Waals surface area contributed by atoms with E-state index < -0.39 is 6.04 Å². The van der Waals surface area contributed by atoms with E-state index in [1.807, 2.05) is 13.8 Å². The third-order valence-electron chi connectivity index (χ3n) is 3.05. The Morgan fingerprint density at radius 2 is 2.26 bits per heavy atom. The van der Waals surface area contributed by atoms with Crippen molar-refractivity contribution in [2.75, 3.05) is 0 Å². The van der Waals surface area contributed by atoms with Gasteiger partial charge in [-0.3, -0.25) is 9.89 Å². The first kappa shape index (κ1) is 14.9. The van der Waals surface area contributed by atoms with E-state index in [9.17, 15) is 4.79 Å². The molecule has 120 valence electrons. The number of amides is 1. The minimum atomic E-state index is -0.441. The third-order valence-corrected chi connectivity index (χ3v) is 3.05. The fourth-order valence-electron chi connectivity index (χ4n) is 2.04. The molecule has 23 heavy (non-hydrogen) atoms. The van der Waals surface area contributed by atoms with Crippen LogP contribution >= 0.6 is 0 Å². The molecule has 0 aliphatic heterocycles. The van der Waals surface area contributed by atoms with Gasteiger partial charge in [0.25, 0.3) is 5.91 Å². The molecule has 1 atom stereocenters. The molecular weight excluding hydrogens is 302 g/mol. The van der Waals surface area contributed by atoms with E-state index in [1.165, 1.54) is 18.7 Å². The fraction of sp³-hybridized carbons (Fsp3) is 0.385. The standard InChI is InChI=1S/C13H15N7O3/c1-7(2)5-9(16-12(21)8-3-4-22-19-8)13-17-11(20-23-13)10-14-6-15-18-10/h3-4,6-7,9H,5H2,1-2H3,(H,16,21)(H,14,15,18)/t9-/m0/s1. The SMILES string of the molecule is CC(C)C[C@H](NC(=O)c1ccon1)c1nc(-c2ncn[nH]2)no1. The summed E-state index contributed by atoms with van der Waals surface area (Å²) in [6.45, 7) is 4.06. The average Bonchev–Trinajstić information content (AvgIpc) is 3.25. The van der Waals surface area contributed by atoms with E-state index in [4.69, 9.17) is 4.52 Å². The number of aromatic nitrogens is 6. The molecule has 0 aromatic carbocycles. The van der Waals surface area contributed by atoms with E-state index in [0.717, 1.165) is 0 Å². The number of hydrogen-bond acceptors (Lipinski definition) is 8. The van der Waals surface area contributed by atoms with E-state index in [0.29, 0.717) is 24.1 Å². The van der Waals surface area contributed by atoms with Crippen LogP contribution in [0.25, 0.3) is 11.6 Å². The number of hydrogen-bond donors (Lipinski definition) is 2. The van der Waals surface area contributed by atoms with Gasteiger partial charge in [0.05, 0.1) is 0 Å². The van der Waals surface area contributed by atoms with Crippen LogP contribution in [0.2, 0.25) is 0 Å². The molecule has 0 spiro atoms. The minimum Gasteiger partial charge on any atom is -0.364 e. The molecule has 0 radical (unpaired) electrons. The molecule has 0 unspecified atom stereocenters. The lowest BCUT2D eigenvalue weighted by Gasteiger charge is -2.16. The Bertz CT molecular complexity index is 748. The van der Waals surface area contributed by atoms with Crippen molar-refractivity contribution in [1.82, 2.24) is 35.8 Å². The van der Waals surface area contributed by atoms with Crippen molar-refractivity contribution in [3.05, 3.63) is 30.2 Å². The highest BCUT2D eigenvalue weighted by Gasteiger charge is 2.24. The first-order valence-electron chi connectivity index (χ1n) is 7.04. The maximum atomic E-state index is 12.2. The molecule has 10 heteroatoms. The van der Waals surface area contributed by atoms with Crippen LogP contribution in [-0.4, -0.2) is 36.4 Å². The van der Waals surface area contributed by atoms with Crippen LogP contribution in [-0.2, 0) is 0 Å². The molecule has 2 N–H and O–H groups in total. The van der Waals surface area contributed by atoms with Gasteiger partial charge in [-0.2, -0.15) is 10.1 Å². The number of H-pyrrole nitrogens is 1. The molecule has 0 aliphatic carbocycles. The summed E-state index contributed by atoms with van der Waals surface area (Å²) >= 11 is 0. The summed E-state index contributed by atoms with van der Waals surface area (Å²) in [6.07, 6.45) is 3.31. The first-order valence-corrected chi connectivity index (χ1v) is 7.04. The fourth-order valence-corrected chi connectivity index (χ4v) is 2.04. The summed E-state index contributed by atoms with van der Waals surface area (Å²) in [5.74, 6) is 0.900. The zero-order valence-electron chi connectivity index (χ0n) is 12.6. The number of carbonyl (C=O) groups excluding carboxylic acids is 1. The average molecular weight is 317 g/mol. The number of nitrogens with one attached hydrogen (secondary N) is 2. The van der Waals surface area contributed by atoms with Crippen LogP contribution in [0.15, 0.2) is 27.7 Å². The Hall–Kier alpha value is -3.04. The van der Waals surface area contributed by atoms with Gasteiger partial charge in [-0.15, -0.1) is 0 Å². The third kappa shape index (κ3) is 3.42. The van der Waals surface area contributed by atoms with Gasteiger partial charge in [0.1, 0.15) is 18.6 Å². The minimum absolute atomic E-state index is 0.189. The predicted octanol–water partition coefficient (Wildman–Crippen LogP) is 1.36. The lowest BCUT2D eigenvalue weighted by molar-refractivity contribution is 0.0913. The van der Waals surface area contributed by atoms with Crippen molar-refractivity contribution in [2.24, 2.45) is 5.92 Å². The first-order chi connectivity index (χ1) is 11.1. The van der Waals surface area contributed by atoms with Gasteiger partial charge in [0, 0.05) is 6.07 Å². The summed E-state index contributed by atoms with van der Waals surface area (Å²) in [6, 6.07) is 1.04. The lowest BCUT2D eigenvalue weighted by Crippen LogP contribution is -2.30. The Labute approximate surface area is 130 Å². The Morgan fingerprint density at radius 1 is 1.39 bits per heavy atom. The molecule has 0 saturated carbocycles. The van der Waals surface area contributed by atoms with Crippen molar-refractivity contribution < 1.29 is 13.8 Å². The molecule has 3 heterocycles. The number of aromatic amines is 1. The lowest BCUT2D eigenvalue weighted by atomic mass is 10.0. The number of rotatable bonds is 6. The molecule has 0 saturated heterocycles. The number of nitrogens with zero attached hydrogens (tertiary/aromatic N) is 5. The van der Waals surface area contributed by atoms with E-state index in [-0.39, 0.29) is 17.4 Å². The summed E-state index contributed by atoms with van der Waals surface area (Å²) < 4.78 is 9.94. The van der Waals surface area contributed by atoms with Gasteiger partial charge in [0.2, 0.25) is 11.7 Å². The summed E-state index contributed by atoms with van der Waals surface area (Å²) in [5.41, 5.74) is 0.189. The van der Waals surface area contributed by atoms with Gasteiger partial charge in [-0.25, -0.2) is 4.98 Å². The topological polar surface area (TPSA) is 136 Å². The monoisotopic (exact) mass is 317 g/mol. The van der Waals surface area contributed by atoms with Gasteiger partial charge in [-0.05, 0) is 12.3 Å². The quantitative estimate of drug-likeness (QED) is 0.695. The highest BCUT2D eigenvalue weighted by Crippen LogP contribution is 2.22. The number of carbonyl (C=O) groups is 1. The van der Waals surface area contributed by atoms with E-state index >= 15 is 0 Å². The van der Waals surface area contributed by atoms with E-state index in [2.05, 4.69) is 40.3 Å². The van der Waals surface area contributed by atoms with Crippen molar-refractivity contribution in [1.29, 1.82) is 0 Å². The Morgan fingerprint density at radius 3 is 2.91 bits per heavy atom. The van der Waals surface area contributed by atoms with Gasteiger partial charge in [-0.1, -0.05) is 24.2 Å². The van der Waals surface area contributed by atoms with Gasteiger partial charge < -0.3 is 14.4 Å². The van der Waals surface area contributed by atoms with Crippen LogP contribution in [0.1, 0.15) is 42.7 Å². The molecule has 0 bridgehead atoms. The van der Waals surface area contributed by atoms with Crippen molar-refractivity contribution in [3.8, 4) is 11.6 Å². The van der Waals surface area contributed by atoms with Crippen molar-refractivity contribution >= 4 is 5.91 Å². The molecule has 3 aromatic rings.